The highest BCUT2D eigenvalue weighted by Crippen LogP contribution is 2.63. The number of hydrogen-bond donors (Lipinski definition) is 0. The van der Waals surface area contributed by atoms with Gasteiger partial charge in [-0.3, -0.25) is 0 Å². The maximum Gasteiger partial charge on any atom is 0.0725 e. The standard InChI is InChI=1S/C45H34/c1-3-5-6-17-35-18-7-8-19-36(35)20-15-24-40-39-23-11-14-27-43(39)45(44(40)32-34-30-28-33(16-4-2)29-31-34)41-25-12-9-21-37(41)38-22-10-13-26-42(38)45/h3,5-15,17-32H,1-2H3/b5-3+,17-6-,20-15+,40-24-,44-32?. The van der Waals surface area contributed by atoms with Gasteiger partial charge in [0.2, 0.25) is 0 Å². The van der Waals surface area contributed by atoms with Gasteiger partial charge in [-0.1, -0.05) is 158 Å². The molecule has 0 amide bonds. The Balaban J connectivity index is 1.47. The molecule has 0 aliphatic heterocycles. The largest absolute Gasteiger partial charge is 0.101 e. The fourth-order valence-electron chi connectivity index (χ4n) is 7.02. The monoisotopic (exact) mass is 574 g/mol. The van der Waals surface area contributed by atoms with E-state index in [1.807, 2.05) is 19.9 Å². The molecule has 0 fully saturated rings. The van der Waals surface area contributed by atoms with Crippen LogP contribution in [-0.2, 0) is 5.41 Å². The molecule has 0 bridgehead atoms. The van der Waals surface area contributed by atoms with Crippen molar-refractivity contribution in [2.75, 3.05) is 0 Å². The van der Waals surface area contributed by atoms with E-state index in [1.165, 1.54) is 55.7 Å². The third-order valence-electron chi connectivity index (χ3n) is 8.87. The van der Waals surface area contributed by atoms with Gasteiger partial charge >= 0.3 is 0 Å². The molecule has 5 aromatic rings. The fraction of sp³-hybridized carbons (Fsp3) is 0.0667. The summed E-state index contributed by atoms with van der Waals surface area (Å²) >= 11 is 0. The second kappa shape index (κ2) is 12.2. The van der Waals surface area contributed by atoms with Crippen LogP contribution in [0.25, 0.3) is 34.9 Å². The van der Waals surface area contributed by atoms with Gasteiger partial charge < -0.3 is 0 Å². The molecule has 0 aromatic heterocycles. The molecule has 0 unspecified atom stereocenters. The molecule has 2 aliphatic carbocycles. The van der Waals surface area contributed by atoms with E-state index in [0.717, 1.165) is 11.1 Å². The lowest BCUT2D eigenvalue weighted by atomic mass is 9.70. The third kappa shape index (κ3) is 4.84. The molecule has 214 valence electrons. The summed E-state index contributed by atoms with van der Waals surface area (Å²) in [5, 5.41) is 0. The second-order valence-electron chi connectivity index (χ2n) is 11.4. The molecule has 5 aromatic carbocycles. The molecular weight excluding hydrogens is 540 g/mol. The Bertz CT molecular complexity index is 2070. The van der Waals surface area contributed by atoms with Gasteiger partial charge in [0.1, 0.15) is 0 Å². The molecule has 0 nitrogen and oxygen atoms in total. The van der Waals surface area contributed by atoms with Gasteiger partial charge in [-0.25, -0.2) is 0 Å². The molecule has 0 N–H and O–H groups in total. The first-order valence-electron chi connectivity index (χ1n) is 15.6. The van der Waals surface area contributed by atoms with E-state index in [4.69, 9.17) is 0 Å². The summed E-state index contributed by atoms with van der Waals surface area (Å²) in [6, 6.07) is 44.0. The van der Waals surface area contributed by atoms with Gasteiger partial charge in [0, 0.05) is 5.56 Å². The van der Waals surface area contributed by atoms with E-state index in [1.54, 1.807) is 0 Å². The molecule has 45 heavy (non-hydrogen) atoms. The molecule has 2 aliphatic rings. The summed E-state index contributed by atoms with van der Waals surface area (Å²) in [5.41, 5.74) is 14.6. The summed E-state index contributed by atoms with van der Waals surface area (Å²) < 4.78 is 0. The van der Waals surface area contributed by atoms with Gasteiger partial charge in [0.25, 0.3) is 0 Å². The first-order valence-corrected chi connectivity index (χ1v) is 15.6. The average Bonchev–Trinajstić information content (AvgIpc) is 3.53. The van der Waals surface area contributed by atoms with Crippen molar-refractivity contribution in [3.05, 3.63) is 202 Å². The quantitative estimate of drug-likeness (QED) is 0.145. The van der Waals surface area contributed by atoms with Crippen molar-refractivity contribution in [3.63, 3.8) is 0 Å². The second-order valence-corrected chi connectivity index (χ2v) is 11.4. The summed E-state index contributed by atoms with van der Waals surface area (Å²) in [4.78, 5) is 0. The van der Waals surface area contributed by atoms with Crippen molar-refractivity contribution in [2.24, 2.45) is 0 Å². The Morgan fingerprint density at radius 1 is 0.556 bits per heavy atom. The number of fused-ring (bicyclic) bond motifs is 7. The van der Waals surface area contributed by atoms with E-state index in [-0.39, 0.29) is 0 Å². The van der Waals surface area contributed by atoms with Crippen LogP contribution >= 0.6 is 0 Å². The maximum absolute atomic E-state index is 3.19. The highest BCUT2D eigenvalue weighted by Gasteiger charge is 2.52. The van der Waals surface area contributed by atoms with E-state index in [0.29, 0.717) is 0 Å². The molecular formula is C45H34. The van der Waals surface area contributed by atoms with Crippen molar-refractivity contribution in [1.29, 1.82) is 0 Å². The zero-order valence-electron chi connectivity index (χ0n) is 25.7. The summed E-state index contributed by atoms with van der Waals surface area (Å²) in [6.45, 7) is 3.92. The van der Waals surface area contributed by atoms with E-state index >= 15 is 0 Å². The number of benzene rings is 5. The highest BCUT2D eigenvalue weighted by molar-refractivity contribution is 6.03. The van der Waals surface area contributed by atoms with Gasteiger partial charge in [0.05, 0.1) is 5.41 Å². The predicted octanol–water partition coefficient (Wildman–Crippen LogP) is 11.2. The first kappa shape index (κ1) is 28.1. The zero-order valence-corrected chi connectivity index (χ0v) is 25.7. The SMILES string of the molecule is CC#Cc1ccc(C=C2/C(=C\C=C\c3ccccc3/C=C\C=C\C)c3ccccc3C23c2ccccc2-c2ccccc23)cc1. The van der Waals surface area contributed by atoms with Crippen molar-refractivity contribution in [1.82, 2.24) is 0 Å². The Hall–Kier alpha value is -5.64. The maximum atomic E-state index is 3.19. The van der Waals surface area contributed by atoms with E-state index < -0.39 is 5.41 Å². The lowest BCUT2D eigenvalue weighted by molar-refractivity contribution is 0.799. The Kier molecular flexibility index (Phi) is 7.61. The molecule has 0 heterocycles. The molecule has 0 saturated carbocycles. The van der Waals surface area contributed by atoms with Crippen LogP contribution in [0.1, 0.15) is 58.4 Å². The van der Waals surface area contributed by atoms with Gasteiger partial charge in [-0.15, -0.1) is 5.92 Å². The molecule has 0 saturated heterocycles. The van der Waals surface area contributed by atoms with Crippen LogP contribution in [0.5, 0.6) is 0 Å². The van der Waals surface area contributed by atoms with Crippen LogP contribution in [0.2, 0.25) is 0 Å². The molecule has 0 radical (unpaired) electrons. The molecule has 0 heteroatoms. The molecule has 0 atom stereocenters. The van der Waals surface area contributed by atoms with Crippen LogP contribution < -0.4 is 0 Å². The number of rotatable bonds is 5. The topological polar surface area (TPSA) is 0 Å². The summed E-state index contributed by atoms with van der Waals surface area (Å²) in [5.74, 6) is 6.21. The van der Waals surface area contributed by atoms with Crippen molar-refractivity contribution < 1.29 is 0 Å². The zero-order chi connectivity index (χ0) is 30.6. The van der Waals surface area contributed by atoms with Crippen molar-refractivity contribution >= 4 is 23.8 Å². The predicted molar refractivity (Wildman–Crippen MR) is 192 cm³/mol. The van der Waals surface area contributed by atoms with Crippen LogP contribution in [0.4, 0.5) is 0 Å². The van der Waals surface area contributed by atoms with Crippen LogP contribution in [0.15, 0.2) is 157 Å². The molecule has 7 rings (SSSR count). The number of hydrogen-bond acceptors (Lipinski definition) is 0. The van der Waals surface area contributed by atoms with E-state index in [2.05, 4.69) is 176 Å². The average molecular weight is 575 g/mol. The minimum atomic E-state index is -0.418. The van der Waals surface area contributed by atoms with E-state index in [9.17, 15) is 0 Å². The van der Waals surface area contributed by atoms with Crippen molar-refractivity contribution in [3.8, 4) is 23.0 Å². The number of allylic oxidation sites excluding steroid dienone is 7. The lowest BCUT2D eigenvalue weighted by Crippen LogP contribution is -2.25. The minimum Gasteiger partial charge on any atom is -0.101 e. The van der Waals surface area contributed by atoms with Crippen molar-refractivity contribution in [2.45, 2.75) is 19.3 Å². The minimum absolute atomic E-state index is 0.418. The van der Waals surface area contributed by atoms with Crippen LogP contribution in [0, 0.1) is 11.8 Å². The van der Waals surface area contributed by atoms with Gasteiger partial charge in [-0.2, -0.15) is 0 Å². The Morgan fingerprint density at radius 2 is 1.09 bits per heavy atom. The summed E-state index contributed by atoms with van der Waals surface area (Å²) in [6.07, 6.45) is 17.5. The van der Waals surface area contributed by atoms with Gasteiger partial charge in [-0.05, 0) is 93.3 Å². The lowest BCUT2D eigenvalue weighted by Gasteiger charge is -2.31. The van der Waals surface area contributed by atoms with Crippen LogP contribution in [0.3, 0.4) is 0 Å². The third-order valence-corrected chi connectivity index (χ3v) is 8.87. The Labute approximate surface area is 267 Å². The fourth-order valence-corrected chi connectivity index (χ4v) is 7.02. The molecule has 1 spiro atoms. The summed E-state index contributed by atoms with van der Waals surface area (Å²) in [7, 11) is 0. The van der Waals surface area contributed by atoms with Crippen LogP contribution in [-0.4, -0.2) is 0 Å². The normalized spacial score (nSPS) is 16.0. The van der Waals surface area contributed by atoms with Gasteiger partial charge in [0.15, 0.2) is 0 Å². The highest BCUT2D eigenvalue weighted by atomic mass is 14.5. The Morgan fingerprint density at radius 3 is 1.69 bits per heavy atom. The first-order chi connectivity index (χ1) is 22.3. The smallest absolute Gasteiger partial charge is 0.0725 e.